The van der Waals surface area contributed by atoms with Gasteiger partial charge in [-0.25, -0.2) is 0 Å². The van der Waals surface area contributed by atoms with E-state index in [1.54, 1.807) is 12.4 Å². The Hall–Kier alpha value is -2.71. The first-order valence-electron chi connectivity index (χ1n) is 9.12. The number of hydrogen-bond acceptors (Lipinski definition) is 4. The van der Waals surface area contributed by atoms with Crippen LogP contribution in [0.5, 0.6) is 0 Å². The van der Waals surface area contributed by atoms with E-state index >= 15 is 0 Å². The maximum absolute atomic E-state index is 12.5. The van der Waals surface area contributed by atoms with Gasteiger partial charge < -0.3 is 4.90 Å². The zero-order valence-electron chi connectivity index (χ0n) is 15.0. The van der Waals surface area contributed by atoms with Crippen LogP contribution in [0, 0.1) is 11.3 Å². The van der Waals surface area contributed by atoms with Gasteiger partial charge in [-0.2, -0.15) is 5.26 Å². The number of pyridine rings is 1. The maximum atomic E-state index is 12.5. The van der Waals surface area contributed by atoms with E-state index in [9.17, 15) is 4.79 Å². The zero-order valence-corrected chi connectivity index (χ0v) is 15.0. The predicted molar refractivity (Wildman–Crippen MR) is 100 cm³/mol. The Morgan fingerprint density at radius 2 is 1.77 bits per heavy atom. The molecule has 1 aliphatic rings. The molecule has 5 heteroatoms. The molecule has 0 atom stereocenters. The molecule has 2 aromatic rings. The number of aromatic nitrogens is 1. The lowest BCUT2D eigenvalue weighted by Gasteiger charge is -2.22. The smallest absolute Gasteiger partial charge is 0.222 e. The van der Waals surface area contributed by atoms with Gasteiger partial charge in [0.05, 0.1) is 11.6 Å². The molecule has 134 valence electrons. The standard InChI is InChI=1S/C21H24N4O/c22-16-19-2-4-20(5-3-19)17-24-12-1-13-25(15-14-24)21(26)7-6-18-8-10-23-11-9-18/h2-5,8-11H,1,6-7,12-15,17H2. The number of benzene rings is 1. The Labute approximate surface area is 154 Å². The topological polar surface area (TPSA) is 60.2 Å². The van der Waals surface area contributed by atoms with Gasteiger partial charge in [-0.15, -0.1) is 0 Å². The average Bonchev–Trinajstić information content (AvgIpc) is 2.93. The number of rotatable bonds is 5. The zero-order chi connectivity index (χ0) is 18.2. The van der Waals surface area contributed by atoms with Gasteiger partial charge in [0.2, 0.25) is 5.91 Å². The van der Waals surface area contributed by atoms with Gasteiger partial charge in [-0.05, 0) is 48.2 Å². The van der Waals surface area contributed by atoms with Crippen LogP contribution in [-0.2, 0) is 17.8 Å². The summed E-state index contributed by atoms with van der Waals surface area (Å²) in [5.41, 5.74) is 3.06. The van der Waals surface area contributed by atoms with Crippen LogP contribution in [-0.4, -0.2) is 46.9 Å². The molecular formula is C21H24N4O. The summed E-state index contributed by atoms with van der Waals surface area (Å²) in [5, 5.41) is 8.88. The van der Waals surface area contributed by atoms with E-state index < -0.39 is 0 Å². The number of carbonyl (C=O) groups is 1. The number of carbonyl (C=O) groups excluding carboxylic acids is 1. The van der Waals surface area contributed by atoms with E-state index in [0.29, 0.717) is 12.0 Å². The maximum Gasteiger partial charge on any atom is 0.222 e. The second-order valence-corrected chi connectivity index (χ2v) is 6.67. The summed E-state index contributed by atoms with van der Waals surface area (Å²) in [6.07, 6.45) is 5.86. The minimum absolute atomic E-state index is 0.238. The van der Waals surface area contributed by atoms with Crippen molar-refractivity contribution >= 4 is 5.91 Å². The summed E-state index contributed by atoms with van der Waals surface area (Å²) in [6.45, 7) is 4.37. The van der Waals surface area contributed by atoms with Crippen LogP contribution >= 0.6 is 0 Å². The van der Waals surface area contributed by atoms with E-state index in [1.165, 1.54) is 5.56 Å². The average molecular weight is 348 g/mol. The van der Waals surface area contributed by atoms with Gasteiger partial charge in [0.15, 0.2) is 0 Å². The number of nitrogens with zero attached hydrogens (tertiary/aromatic N) is 4. The van der Waals surface area contributed by atoms with Crippen LogP contribution in [0.2, 0.25) is 0 Å². The third-order valence-electron chi connectivity index (χ3n) is 4.81. The van der Waals surface area contributed by atoms with E-state index in [4.69, 9.17) is 5.26 Å². The molecular weight excluding hydrogens is 324 g/mol. The van der Waals surface area contributed by atoms with Crippen molar-refractivity contribution in [3.05, 3.63) is 65.5 Å². The molecule has 26 heavy (non-hydrogen) atoms. The van der Waals surface area contributed by atoms with Crippen LogP contribution in [0.1, 0.15) is 29.5 Å². The Bertz CT molecular complexity index is 752. The fourth-order valence-electron chi connectivity index (χ4n) is 3.28. The lowest BCUT2D eigenvalue weighted by atomic mass is 10.1. The Kier molecular flexibility index (Phi) is 6.34. The molecule has 1 aliphatic heterocycles. The van der Waals surface area contributed by atoms with Crippen LogP contribution in [0.3, 0.4) is 0 Å². The minimum Gasteiger partial charge on any atom is -0.341 e. The highest BCUT2D eigenvalue weighted by Crippen LogP contribution is 2.12. The van der Waals surface area contributed by atoms with Crippen LogP contribution in [0.15, 0.2) is 48.8 Å². The molecule has 5 nitrogen and oxygen atoms in total. The van der Waals surface area contributed by atoms with Gasteiger partial charge in [0.1, 0.15) is 0 Å². The SMILES string of the molecule is N#Cc1ccc(CN2CCCN(C(=O)CCc3ccncc3)CC2)cc1. The highest BCUT2D eigenvalue weighted by molar-refractivity contribution is 5.76. The van der Waals surface area contributed by atoms with Gasteiger partial charge in [0.25, 0.3) is 0 Å². The summed E-state index contributed by atoms with van der Waals surface area (Å²) >= 11 is 0. The monoisotopic (exact) mass is 348 g/mol. The van der Waals surface area contributed by atoms with E-state index in [2.05, 4.69) is 16.0 Å². The summed E-state index contributed by atoms with van der Waals surface area (Å²) < 4.78 is 0. The summed E-state index contributed by atoms with van der Waals surface area (Å²) in [6, 6.07) is 13.8. The molecule has 0 radical (unpaired) electrons. The molecule has 0 spiro atoms. The highest BCUT2D eigenvalue weighted by Gasteiger charge is 2.19. The third-order valence-corrected chi connectivity index (χ3v) is 4.81. The van der Waals surface area contributed by atoms with Crippen LogP contribution < -0.4 is 0 Å². The second-order valence-electron chi connectivity index (χ2n) is 6.67. The summed E-state index contributed by atoms with van der Waals surface area (Å²) in [4.78, 5) is 20.9. The van der Waals surface area contributed by atoms with Crippen molar-refractivity contribution in [1.82, 2.24) is 14.8 Å². The third kappa shape index (κ3) is 5.14. The largest absolute Gasteiger partial charge is 0.341 e. The number of nitriles is 1. The molecule has 1 aromatic carbocycles. The highest BCUT2D eigenvalue weighted by atomic mass is 16.2. The van der Waals surface area contributed by atoms with Gasteiger partial charge in [0, 0.05) is 51.5 Å². The number of amides is 1. The first-order valence-corrected chi connectivity index (χ1v) is 9.12. The van der Waals surface area contributed by atoms with Crippen molar-refractivity contribution < 1.29 is 4.79 Å². The molecule has 0 aliphatic carbocycles. The first-order chi connectivity index (χ1) is 12.7. The van der Waals surface area contributed by atoms with Gasteiger partial charge >= 0.3 is 0 Å². The summed E-state index contributed by atoms with van der Waals surface area (Å²) in [7, 11) is 0. The number of aryl methyl sites for hydroxylation is 1. The number of hydrogen-bond donors (Lipinski definition) is 0. The fourth-order valence-corrected chi connectivity index (χ4v) is 3.28. The Morgan fingerprint density at radius 3 is 2.50 bits per heavy atom. The predicted octanol–water partition coefficient (Wildman–Crippen LogP) is 2.62. The van der Waals surface area contributed by atoms with Gasteiger partial charge in [-0.3, -0.25) is 14.7 Å². The molecule has 1 aromatic heterocycles. The van der Waals surface area contributed by atoms with Crippen molar-refractivity contribution in [3.63, 3.8) is 0 Å². The van der Waals surface area contributed by atoms with Crippen molar-refractivity contribution in [2.75, 3.05) is 26.2 Å². The quantitative estimate of drug-likeness (QED) is 0.833. The van der Waals surface area contributed by atoms with E-state index in [1.807, 2.05) is 41.3 Å². The lowest BCUT2D eigenvalue weighted by molar-refractivity contribution is -0.131. The normalized spacial score (nSPS) is 15.3. The van der Waals surface area contributed by atoms with Crippen LogP contribution in [0.25, 0.3) is 0 Å². The summed E-state index contributed by atoms with van der Waals surface area (Å²) in [5.74, 6) is 0.238. The lowest BCUT2D eigenvalue weighted by Crippen LogP contribution is -2.35. The van der Waals surface area contributed by atoms with Crippen molar-refractivity contribution in [2.24, 2.45) is 0 Å². The Balaban J connectivity index is 1.47. The molecule has 1 saturated heterocycles. The van der Waals surface area contributed by atoms with E-state index in [0.717, 1.165) is 51.1 Å². The van der Waals surface area contributed by atoms with Crippen molar-refractivity contribution in [3.8, 4) is 6.07 Å². The van der Waals surface area contributed by atoms with Crippen molar-refractivity contribution in [1.29, 1.82) is 5.26 Å². The first kappa shape index (κ1) is 18.1. The molecule has 0 saturated carbocycles. The molecule has 1 amide bonds. The molecule has 2 heterocycles. The molecule has 3 rings (SSSR count). The van der Waals surface area contributed by atoms with Gasteiger partial charge in [-0.1, -0.05) is 12.1 Å². The second kappa shape index (κ2) is 9.12. The molecule has 0 N–H and O–H groups in total. The van der Waals surface area contributed by atoms with Crippen LogP contribution in [0.4, 0.5) is 0 Å². The molecule has 0 unspecified atom stereocenters. The molecule has 0 bridgehead atoms. The fraction of sp³-hybridized carbons (Fsp3) is 0.381. The van der Waals surface area contributed by atoms with Crippen molar-refractivity contribution in [2.45, 2.75) is 25.8 Å². The minimum atomic E-state index is 0.238. The van der Waals surface area contributed by atoms with E-state index in [-0.39, 0.29) is 5.91 Å². The Morgan fingerprint density at radius 1 is 1.00 bits per heavy atom. The molecule has 1 fully saturated rings.